The van der Waals surface area contributed by atoms with Gasteiger partial charge in [0, 0.05) is 13.0 Å². The average molecular weight is 342 g/mol. The van der Waals surface area contributed by atoms with Gasteiger partial charge < -0.3 is 11.1 Å². The molecule has 1 heterocycles. The Morgan fingerprint density at radius 2 is 2.04 bits per heavy atom. The third kappa shape index (κ3) is 3.26. The number of benzene rings is 1. The predicted molar refractivity (Wildman–Crippen MR) is 93.9 cm³/mol. The van der Waals surface area contributed by atoms with Crippen LogP contribution in [0.15, 0.2) is 29.3 Å². The van der Waals surface area contributed by atoms with Crippen LogP contribution in [0.25, 0.3) is 10.9 Å². The molecule has 2 amide bonds. The second-order valence-electron chi connectivity index (χ2n) is 6.67. The van der Waals surface area contributed by atoms with Gasteiger partial charge in [-0.3, -0.25) is 19.0 Å². The summed E-state index contributed by atoms with van der Waals surface area (Å²) in [4.78, 5) is 40.8. The van der Waals surface area contributed by atoms with Crippen LogP contribution in [0.3, 0.4) is 0 Å². The second-order valence-corrected chi connectivity index (χ2v) is 6.67. The standard InChI is InChI=1S/C18H22N4O3/c1-12-5-4-6-13-15(12)20-11-22(16(13)24)10-7-14(23)21-18(17(19)25)8-2-3-9-18/h4-6,11H,2-3,7-10H2,1H3,(H2,19,25)(H,21,23). The van der Waals surface area contributed by atoms with E-state index in [0.717, 1.165) is 18.4 Å². The van der Waals surface area contributed by atoms with Gasteiger partial charge in [0.25, 0.3) is 5.56 Å². The van der Waals surface area contributed by atoms with Crippen molar-refractivity contribution in [2.45, 2.75) is 51.1 Å². The molecule has 1 aliphatic carbocycles. The van der Waals surface area contributed by atoms with Crippen molar-refractivity contribution >= 4 is 22.7 Å². The largest absolute Gasteiger partial charge is 0.368 e. The van der Waals surface area contributed by atoms with E-state index < -0.39 is 11.4 Å². The van der Waals surface area contributed by atoms with E-state index >= 15 is 0 Å². The maximum Gasteiger partial charge on any atom is 0.261 e. The zero-order valence-electron chi connectivity index (χ0n) is 14.2. The molecule has 0 spiro atoms. The van der Waals surface area contributed by atoms with Crippen molar-refractivity contribution in [2.24, 2.45) is 5.73 Å². The Morgan fingerprint density at radius 1 is 1.32 bits per heavy atom. The minimum atomic E-state index is -0.930. The van der Waals surface area contributed by atoms with Gasteiger partial charge in [-0.05, 0) is 31.4 Å². The molecule has 0 saturated heterocycles. The molecule has 132 valence electrons. The Bertz CT molecular complexity index is 882. The van der Waals surface area contributed by atoms with Crippen LogP contribution in [0, 0.1) is 6.92 Å². The van der Waals surface area contributed by atoms with Crippen LogP contribution in [-0.4, -0.2) is 26.9 Å². The van der Waals surface area contributed by atoms with Gasteiger partial charge in [0.2, 0.25) is 11.8 Å². The van der Waals surface area contributed by atoms with Crippen molar-refractivity contribution in [3.05, 3.63) is 40.4 Å². The number of carbonyl (C=O) groups is 2. The van der Waals surface area contributed by atoms with Gasteiger partial charge >= 0.3 is 0 Å². The summed E-state index contributed by atoms with van der Waals surface area (Å²) < 4.78 is 1.42. The summed E-state index contributed by atoms with van der Waals surface area (Å²) in [5, 5.41) is 3.31. The quantitative estimate of drug-likeness (QED) is 0.845. The first-order chi connectivity index (χ1) is 11.9. The van der Waals surface area contributed by atoms with Crippen LogP contribution in [0.1, 0.15) is 37.7 Å². The van der Waals surface area contributed by atoms with Crippen LogP contribution in [-0.2, 0) is 16.1 Å². The lowest BCUT2D eigenvalue weighted by atomic mass is 9.96. The lowest BCUT2D eigenvalue weighted by Crippen LogP contribution is -2.55. The molecule has 25 heavy (non-hydrogen) atoms. The summed E-state index contributed by atoms with van der Waals surface area (Å²) in [7, 11) is 0. The van der Waals surface area contributed by atoms with E-state index in [1.165, 1.54) is 10.9 Å². The molecular formula is C18H22N4O3. The first-order valence-corrected chi connectivity index (χ1v) is 8.49. The number of primary amides is 1. The molecule has 1 aromatic heterocycles. The van der Waals surface area contributed by atoms with Gasteiger partial charge in [-0.15, -0.1) is 0 Å². The lowest BCUT2D eigenvalue weighted by molar-refractivity contribution is -0.131. The molecule has 0 atom stereocenters. The Morgan fingerprint density at radius 3 is 2.72 bits per heavy atom. The Hall–Kier alpha value is -2.70. The van der Waals surface area contributed by atoms with Gasteiger partial charge in [-0.1, -0.05) is 25.0 Å². The first kappa shape index (κ1) is 17.1. The zero-order valence-corrected chi connectivity index (χ0v) is 14.2. The Labute approximate surface area is 145 Å². The number of nitrogens with one attached hydrogen (secondary N) is 1. The molecule has 1 aliphatic rings. The van der Waals surface area contributed by atoms with Gasteiger partial charge in [0.15, 0.2) is 0 Å². The zero-order chi connectivity index (χ0) is 18.0. The molecule has 1 fully saturated rings. The number of fused-ring (bicyclic) bond motifs is 1. The molecule has 0 aliphatic heterocycles. The summed E-state index contributed by atoms with van der Waals surface area (Å²) in [6.45, 7) is 2.10. The van der Waals surface area contributed by atoms with Crippen molar-refractivity contribution < 1.29 is 9.59 Å². The number of hydrogen-bond donors (Lipinski definition) is 2. The van der Waals surface area contributed by atoms with E-state index in [-0.39, 0.29) is 24.4 Å². The van der Waals surface area contributed by atoms with Crippen LogP contribution in [0.5, 0.6) is 0 Å². The van der Waals surface area contributed by atoms with Crippen molar-refractivity contribution in [3.63, 3.8) is 0 Å². The van der Waals surface area contributed by atoms with Crippen LogP contribution in [0.4, 0.5) is 0 Å². The number of carbonyl (C=O) groups excluding carboxylic acids is 2. The highest BCUT2D eigenvalue weighted by molar-refractivity contribution is 5.90. The Balaban J connectivity index is 1.72. The van der Waals surface area contributed by atoms with E-state index in [9.17, 15) is 14.4 Å². The highest BCUT2D eigenvalue weighted by Gasteiger charge is 2.40. The molecule has 2 aromatic rings. The summed E-state index contributed by atoms with van der Waals surface area (Å²) in [6.07, 6.45) is 4.45. The number of para-hydroxylation sites is 1. The number of amides is 2. The summed E-state index contributed by atoms with van der Waals surface area (Å²) in [5.74, 6) is -0.768. The smallest absolute Gasteiger partial charge is 0.261 e. The maximum atomic E-state index is 12.5. The molecule has 3 rings (SSSR count). The highest BCUT2D eigenvalue weighted by atomic mass is 16.2. The van der Waals surface area contributed by atoms with Crippen LogP contribution >= 0.6 is 0 Å². The molecule has 7 heteroatoms. The molecule has 0 radical (unpaired) electrons. The van der Waals surface area contributed by atoms with E-state index in [1.807, 2.05) is 19.1 Å². The van der Waals surface area contributed by atoms with Gasteiger partial charge in [-0.25, -0.2) is 4.98 Å². The number of nitrogens with zero attached hydrogens (tertiary/aromatic N) is 2. The minimum absolute atomic E-state index is 0.0912. The molecular weight excluding hydrogens is 320 g/mol. The minimum Gasteiger partial charge on any atom is -0.368 e. The van der Waals surface area contributed by atoms with Crippen LogP contribution in [0.2, 0.25) is 0 Å². The fourth-order valence-electron chi connectivity index (χ4n) is 3.46. The van der Waals surface area contributed by atoms with Crippen LogP contribution < -0.4 is 16.6 Å². The van der Waals surface area contributed by atoms with E-state index in [2.05, 4.69) is 10.3 Å². The van der Waals surface area contributed by atoms with Gasteiger partial charge in [-0.2, -0.15) is 0 Å². The molecule has 0 unspecified atom stereocenters. The van der Waals surface area contributed by atoms with Gasteiger partial charge in [0.05, 0.1) is 17.2 Å². The third-order valence-corrected chi connectivity index (χ3v) is 4.94. The second kappa shape index (κ2) is 6.66. The highest BCUT2D eigenvalue weighted by Crippen LogP contribution is 2.29. The van der Waals surface area contributed by atoms with E-state index in [0.29, 0.717) is 23.7 Å². The number of nitrogens with two attached hydrogens (primary N) is 1. The third-order valence-electron chi connectivity index (χ3n) is 4.94. The Kier molecular flexibility index (Phi) is 4.57. The molecule has 7 nitrogen and oxygen atoms in total. The fourth-order valence-corrected chi connectivity index (χ4v) is 3.46. The number of aromatic nitrogens is 2. The number of hydrogen-bond acceptors (Lipinski definition) is 4. The van der Waals surface area contributed by atoms with Crippen molar-refractivity contribution in [1.82, 2.24) is 14.9 Å². The molecule has 0 bridgehead atoms. The molecule has 1 saturated carbocycles. The fraction of sp³-hybridized carbons (Fsp3) is 0.444. The average Bonchev–Trinajstić information content (AvgIpc) is 3.05. The summed E-state index contributed by atoms with van der Waals surface area (Å²) >= 11 is 0. The van der Waals surface area contributed by atoms with E-state index in [1.54, 1.807) is 6.07 Å². The normalized spacial score (nSPS) is 16.0. The maximum absolute atomic E-state index is 12.5. The summed E-state index contributed by atoms with van der Waals surface area (Å²) in [6, 6.07) is 5.45. The lowest BCUT2D eigenvalue weighted by Gasteiger charge is -2.26. The van der Waals surface area contributed by atoms with E-state index in [4.69, 9.17) is 5.73 Å². The van der Waals surface area contributed by atoms with Crippen molar-refractivity contribution in [3.8, 4) is 0 Å². The summed E-state index contributed by atoms with van der Waals surface area (Å²) in [5.41, 5.74) is 5.97. The number of aryl methyl sites for hydroxylation is 2. The number of rotatable bonds is 5. The van der Waals surface area contributed by atoms with Crippen molar-refractivity contribution in [2.75, 3.05) is 0 Å². The predicted octanol–water partition coefficient (Wildman–Crippen LogP) is 1.01. The van der Waals surface area contributed by atoms with Crippen molar-refractivity contribution in [1.29, 1.82) is 0 Å². The molecule has 3 N–H and O–H groups in total. The monoisotopic (exact) mass is 342 g/mol. The molecule has 1 aromatic carbocycles. The van der Waals surface area contributed by atoms with Gasteiger partial charge in [0.1, 0.15) is 5.54 Å². The SMILES string of the molecule is Cc1cccc2c(=O)n(CCC(=O)NC3(C(N)=O)CCCC3)cnc12. The topological polar surface area (TPSA) is 107 Å². The first-order valence-electron chi connectivity index (χ1n) is 8.49.